The average molecular weight is 247 g/mol. The van der Waals surface area contributed by atoms with Gasteiger partial charge in [-0.2, -0.15) is 4.80 Å². The predicted octanol–water partition coefficient (Wildman–Crippen LogP) is 1.33. The highest BCUT2D eigenvalue weighted by Gasteiger charge is 2.04. The van der Waals surface area contributed by atoms with Gasteiger partial charge in [0.25, 0.3) is 11.9 Å². The Morgan fingerprint density at radius 2 is 2.50 bits per heavy atom. The lowest BCUT2D eigenvalue weighted by atomic mass is 10.4. The van der Waals surface area contributed by atoms with E-state index in [1.165, 1.54) is 17.1 Å². The molecule has 0 radical (unpaired) electrons. The molecule has 2 rings (SSSR count). The fourth-order valence-electron chi connectivity index (χ4n) is 1.28. The number of rotatable bonds is 5. The third-order valence-electron chi connectivity index (χ3n) is 2.05. The number of aromatic nitrogens is 4. The first kappa shape index (κ1) is 12.0. The third kappa shape index (κ3) is 3.27. The van der Waals surface area contributed by atoms with Crippen LogP contribution in [0.15, 0.2) is 28.9 Å². The molecule has 7 heteroatoms. The van der Waals surface area contributed by atoms with Gasteiger partial charge in [-0.3, -0.25) is 10.1 Å². The monoisotopic (exact) mass is 247 g/mol. The van der Waals surface area contributed by atoms with E-state index in [0.717, 1.165) is 6.42 Å². The molecule has 2 aromatic heterocycles. The summed E-state index contributed by atoms with van der Waals surface area (Å²) in [5.41, 5.74) is 0. The van der Waals surface area contributed by atoms with Crippen molar-refractivity contribution in [2.24, 2.45) is 0 Å². The van der Waals surface area contributed by atoms with Crippen LogP contribution >= 0.6 is 0 Å². The zero-order valence-corrected chi connectivity index (χ0v) is 9.91. The first-order chi connectivity index (χ1) is 8.78. The number of anilines is 1. The van der Waals surface area contributed by atoms with Crippen LogP contribution in [0, 0.1) is 0 Å². The maximum Gasteiger partial charge on any atom is 0.270 e. The molecule has 0 aliphatic rings. The van der Waals surface area contributed by atoms with Crippen LogP contribution in [0.5, 0.6) is 0 Å². The van der Waals surface area contributed by atoms with E-state index in [2.05, 4.69) is 20.7 Å². The molecule has 0 saturated carbocycles. The molecule has 7 nitrogen and oxygen atoms in total. The van der Waals surface area contributed by atoms with Crippen molar-refractivity contribution in [3.63, 3.8) is 0 Å². The molecule has 2 heterocycles. The lowest BCUT2D eigenvalue weighted by Gasteiger charge is -1.93. The minimum absolute atomic E-state index is 0.192. The molecule has 1 N–H and O–H groups in total. The van der Waals surface area contributed by atoms with Gasteiger partial charge in [0, 0.05) is 6.08 Å². The van der Waals surface area contributed by atoms with Gasteiger partial charge in [-0.25, -0.2) is 0 Å². The number of nitrogens with zero attached hydrogens (tertiary/aromatic N) is 4. The van der Waals surface area contributed by atoms with E-state index in [1.807, 2.05) is 6.92 Å². The summed E-state index contributed by atoms with van der Waals surface area (Å²) < 4.78 is 5.06. The average Bonchev–Trinajstić information content (AvgIpc) is 2.99. The van der Waals surface area contributed by atoms with Crippen molar-refractivity contribution in [2.45, 2.75) is 19.9 Å². The van der Waals surface area contributed by atoms with Crippen LogP contribution in [0.25, 0.3) is 6.08 Å². The van der Waals surface area contributed by atoms with Crippen molar-refractivity contribution >= 4 is 17.9 Å². The topological polar surface area (TPSA) is 85.8 Å². The van der Waals surface area contributed by atoms with Gasteiger partial charge >= 0.3 is 0 Å². The van der Waals surface area contributed by atoms with Crippen LogP contribution < -0.4 is 5.32 Å². The zero-order valence-electron chi connectivity index (χ0n) is 9.91. The number of carbonyl (C=O) groups excluding carboxylic acids is 1. The van der Waals surface area contributed by atoms with Crippen molar-refractivity contribution in [3.05, 3.63) is 30.2 Å². The smallest absolute Gasteiger partial charge is 0.270 e. The number of hydrogen-bond donors (Lipinski definition) is 1. The van der Waals surface area contributed by atoms with Crippen molar-refractivity contribution in [2.75, 3.05) is 5.32 Å². The number of aryl methyl sites for hydroxylation is 1. The summed E-state index contributed by atoms with van der Waals surface area (Å²) in [4.78, 5) is 13.0. The summed E-state index contributed by atoms with van der Waals surface area (Å²) >= 11 is 0. The molecule has 1 amide bonds. The van der Waals surface area contributed by atoms with Crippen molar-refractivity contribution in [1.82, 2.24) is 20.2 Å². The van der Waals surface area contributed by atoms with Gasteiger partial charge in [0.05, 0.1) is 12.8 Å². The van der Waals surface area contributed by atoms with Gasteiger partial charge in [0.1, 0.15) is 5.76 Å². The Morgan fingerprint density at radius 1 is 1.61 bits per heavy atom. The molecule has 2 aromatic rings. The van der Waals surface area contributed by atoms with E-state index in [0.29, 0.717) is 12.3 Å². The minimum Gasteiger partial charge on any atom is -0.465 e. The summed E-state index contributed by atoms with van der Waals surface area (Å²) in [6.45, 7) is 2.68. The summed E-state index contributed by atoms with van der Waals surface area (Å²) in [6.07, 6.45) is 5.35. The van der Waals surface area contributed by atoms with Gasteiger partial charge in [-0.05, 0) is 29.8 Å². The highest BCUT2D eigenvalue weighted by atomic mass is 16.3. The predicted molar refractivity (Wildman–Crippen MR) is 64.5 cm³/mol. The first-order valence-corrected chi connectivity index (χ1v) is 5.58. The Balaban J connectivity index is 1.90. The molecule has 0 saturated heterocycles. The number of hydrogen-bond acceptors (Lipinski definition) is 5. The Bertz CT molecular complexity index is 529. The summed E-state index contributed by atoms with van der Waals surface area (Å²) in [7, 11) is 0. The molecule has 0 atom stereocenters. The molecule has 0 aliphatic heterocycles. The summed E-state index contributed by atoms with van der Waals surface area (Å²) in [6, 6.07) is 3.50. The Morgan fingerprint density at radius 3 is 3.22 bits per heavy atom. The number of nitrogens with one attached hydrogen (secondary N) is 1. The van der Waals surface area contributed by atoms with Crippen LogP contribution in [0.3, 0.4) is 0 Å². The third-order valence-corrected chi connectivity index (χ3v) is 2.05. The molecule has 0 bridgehead atoms. The second-order valence-corrected chi connectivity index (χ2v) is 3.55. The molecule has 0 aliphatic carbocycles. The molecule has 0 fully saturated rings. The van der Waals surface area contributed by atoms with Crippen LogP contribution in [0.2, 0.25) is 0 Å². The summed E-state index contributed by atoms with van der Waals surface area (Å²) in [5, 5.41) is 14.0. The fourth-order valence-corrected chi connectivity index (χ4v) is 1.28. The highest BCUT2D eigenvalue weighted by molar-refractivity contribution is 6.00. The number of amides is 1. The molecule has 94 valence electrons. The van der Waals surface area contributed by atoms with Crippen LogP contribution in [0.1, 0.15) is 19.1 Å². The SMILES string of the molecule is CCCn1nnc(NC(=O)/C=C/c2ccco2)n1. The van der Waals surface area contributed by atoms with Gasteiger partial charge in [0.2, 0.25) is 0 Å². The van der Waals surface area contributed by atoms with Crippen molar-refractivity contribution in [1.29, 1.82) is 0 Å². The van der Waals surface area contributed by atoms with Gasteiger partial charge in [0.15, 0.2) is 0 Å². The zero-order chi connectivity index (χ0) is 12.8. The quantitative estimate of drug-likeness (QED) is 0.805. The molecule has 0 aromatic carbocycles. The van der Waals surface area contributed by atoms with Crippen LogP contribution in [-0.4, -0.2) is 26.1 Å². The van der Waals surface area contributed by atoms with Gasteiger partial charge in [-0.1, -0.05) is 12.0 Å². The van der Waals surface area contributed by atoms with Crippen LogP contribution in [-0.2, 0) is 11.3 Å². The van der Waals surface area contributed by atoms with E-state index in [1.54, 1.807) is 18.2 Å². The Hall–Kier alpha value is -2.44. The second-order valence-electron chi connectivity index (χ2n) is 3.55. The highest BCUT2D eigenvalue weighted by Crippen LogP contribution is 2.02. The number of furan rings is 1. The molecular formula is C11H13N5O2. The largest absolute Gasteiger partial charge is 0.465 e. The van der Waals surface area contributed by atoms with Crippen molar-refractivity contribution < 1.29 is 9.21 Å². The van der Waals surface area contributed by atoms with Gasteiger partial charge in [-0.15, -0.1) is 5.10 Å². The second kappa shape index (κ2) is 5.76. The fraction of sp³-hybridized carbons (Fsp3) is 0.273. The van der Waals surface area contributed by atoms with Gasteiger partial charge < -0.3 is 4.42 Å². The first-order valence-electron chi connectivity index (χ1n) is 5.58. The number of carbonyl (C=O) groups is 1. The lowest BCUT2D eigenvalue weighted by molar-refractivity contribution is -0.111. The van der Waals surface area contributed by atoms with E-state index in [-0.39, 0.29) is 11.9 Å². The standard InChI is InChI=1S/C11H13N5O2/c1-2-7-16-14-11(13-15-16)12-10(17)6-5-9-4-3-8-18-9/h3-6,8H,2,7H2,1H3,(H,12,14,17)/b6-5+. The molecule has 0 spiro atoms. The molecule has 0 unspecified atom stereocenters. The van der Waals surface area contributed by atoms with Crippen molar-refractivity contribution in [3.8, 4) is 0 Å². The van der Waals surface area contributed by atoms with E-state index < -0.39 is 0 Å². The number of tetrazole rings is 1. The van der Waals surface area contributed by atoms with E-state index >= 15 is 0 Å². The summed E-state index contributed by atoms with van der Waals surface area (Å²) in [5.74, 6) is 0.465. The Kier molecular flexibility index (Phi) is 3.85. The van der Waals surface area contributed by atoms with E-state index in [9.17, 15) is 4.79 Å². The maximum atomic E-state index is 11.5. The lowest BCUT2D eigenvalue weighted by Crippen LogP contribution is -2.09. The Labute approximate surface area is 103 Å². The van der Waals surface area contributed by atoms with E-state index in [4.69, 9.17) is 4.42 Å². The minimum atomic E-state index is -0.331. The molecular weight excluding hydrogens is 234 g/mol. The normalized spacial score (nSPS) is 10.9. The van der Waals surface area contributed by atoms with Crippen LogP contribution in [0.4, 0.5) is 5.95 Å². The molecule has 18 heavy (non-hydrogen) atoms. The maximum absolute atomic E-state index is 11.5.